The molecule has 0 heterocycles. The Morgan fingerprint density at radius 2 is 1.81 bits per heavy atom. The van der Waals surface area contributed by atoms with Crippen molar-refractivity contribution in [1.82, 2.24) is 5.32 Å². The standard InChI is InChI=1S/C17H20FNO2/c1-13(14-4-3-5-15(18)12-14)19-10-11-21-17-8-6-16(20-2)7-9-17/h3-9,12-13,19H,10-11H2,1-2H3/t13-/m0/s1. The van der Waals surface area contributed by atoms with Gasteiger partial charge in [-0.25, -0.2) is 4.39 Å². The Bertz CT molecular complexity index is 557. The molecule has 3 nitrogen and oxygen atoms in total. The molecule has 0 fully saturated rings. The van der Waals surface area contributed by atoms with Crippen LogP contribution in [0.1, 0.15) is 18.5 Å². The molecule has 1 atom stereocenters. The highest BCUT2D eigenvalue weighted by atomic mass is 19.1. The van der Waals surface area contributed by atoms with Gasteiger partial charge in [-0.05, 0) is 48.9 Å². The van der Waals surface area contributed by atoms with E-state index in [9.17, 15) is 4.39 Å². The van der Waals surface area contributed by atoms with E-state index >= 15 is 0 Å². The van der Waals surface area contributed by atoms with E-state index in [2.05, 4.69) is 5.32 Å². The van der Waals surface area contributed by atoms with Gasteiger partial charge in [0.15, 0.2) is 0 Å². The van der Waals surface area contributed by atoms with Crippen molar-refractivity contribution in [3.05, 3.63) is 59.9 Å². The molecule has 2 rings (SSSR count). The van der Waals surface area contributed by atoms with Crippen molar-refractivity contribution in [2.24, 2.45) is 0 Å². The first-order valence-corrected chi connectivity index (χ1v) is 6.95. The van der Waals surface area contributed by atoms with Gasteiger partial charge in [-0.2, -0.15) is 0 Å². The van der Waals surface area contributed by atoms with E-state index in [4.69, 9.17) is 9.47 Å². The Morgan fingerprint density at radius 1 is 1.10 bits per heavy atom. The van der Waals surface area contributed by atoms with Crippen LogP contribution >= 0.6 is 0 Å². The molecule has 0 radical (unpaired) electrons. The Labute approximate surface area is 124 Å². The summed E-state index contributed by atoms with van der Waals surface area (Å²) in [5.74, 6) is 1.40. The topological polar surface area (TPSA) is 30.5 Å². The summed E-state index contributed by atoms with van der Waals surface area (Å²) < 4.78 is 23.8. The van der Waals surface area contributed by atoms with Crippen molar-refractivity contribution < 1.29 is 13.9 Å². The number of methoxy groups -OCH3 is 1. The zero-order valence-electron chi connectivity index (χ0n) is 12.3. The van der Waals surface area contributed by atoms with Crippen molar-refractivity contribution >= 4 is 0 Å². The second-order valence-electron chi connectivity index (χ2n) is 4.75. The Morgan fingerprint density at radius 3 is 2.48 bits per heavy atom. The summed E-state index contributed by atoms with van der Waals surface area (Å²) in [7, 11) is 1.63. The second-order valence-corrected chi connectivity index (χ2v) is 4.75. The van der Waals surface area contributed by atoms with Gasteiger partial charge in [0.25, 0.3) is 0 Å². The molecule has 0 bridgehead atoms. The van der Waals surface area contributed by atoms with Gasteiger partial charge < -0.3 is 14.8 Å². The highest BCUT2D eigenvalue weighted by Crippen LogP contribution is 2.17. The van der Waals surface area contributed by atoms with Gasteiger partial charge in [0.2, 0.25) is 0 Å². The van der Waals surface area contributed by atoms with E-state index in [1.807, 2.05) is 37.3 Å². The van der Waals surface area contributed by atoms with Crippen LogP contribution in [0.2, 0.25) is 0 Å². The third kappa shape index (κ3) is 4.76. The van der Waals surface area contributed by atoms with Crippen LogP contribution in [0.4, 0.5) is 4.39 Å². The summed E-state index contributed by atoms with van der Waals surface area (Å²) in [5.41, 5.74) is 0.930. The van der Waals surface area contributed by atoms with Crippen molar-refractivity contribution in [3.8, 4) is 11.5 Å². The first-order chi connectivity index (χ1) is 10.2. The van der Waals surface area contributed by atoms with Crippen LogP contribution in [0.3, 0.4) is 0 Å². The summed E-state index contributed by atoms with van der Waals surface area (Å²) in [6.45, 7) is 3.23. The highest BCUT2D eigenvalue weighted by Gasteiger charge is 2.05. The number of ether oxygens (including phenoxy) is 2. The van der Waals surface area contributed by atoms with Gasteiger partial charge in [-0.1, -0.05) is 12.1 Å². The zero-order valence-corrected chi connectivity index (χ0v) is 12.3. The number of hydrogen-bond donors (Lipinski definition) is 1. The molecular weight excluding hydrogens is 269 g/mol. The molecule has 0 aliphatic carbocycles. The maximum atomic E-state index is 13.1. The van der Waals surface area contributed by atoms with Crippen LogP contribution in [0, 0.1) is 5.82 Å². The van der Waals surface area contributed by atoms with Crippen molar-refractivity contribution in [3.63, 3.8) is 0 Å². The molecule has 0 saturated heterocycles. The minimum Gasteiger partial charge on any atom is -0.497 e. The lowest BCUT2D eigenvalue weighted by atomic mass is 10.1. The molecule has 0 aliphatic heterocycles. The van der Waals surface area contributed by atoms with E-state index in [1.165, 1.54) is 6.07 Å². The van der Waals surface area contributed by atoms with E-state index in [0.29, 0.717) is 13.2 Å². The van der Waals surface area contributed by atoms with Gasteiger partial charge in [0.05, 0.1) is 7.11 Å². The van der Waals surface area contributed by atoms with Gasteiger partial charge in [-0.15, -0.1) is 0 Å². The van der Waals surface area contributed by atoms with E-state index < -0.39 is 0 Å². The minimum atomic E-state index is -0.212. The maximum absolute atomic E-state index is 13.1. The van der Waals surface area contributed by atoms with Gasteiger partial charge >= 0.3 is 0 Å². The lowest BCUT2D eigenvalue weighted by Gasteiger charge is -2.15. The van der Waals surface area contributed by atoms with Crippen LogP contribution in [-0.4, -0.2) is 20.3 Å². The van der Waals surface area contributed by atoms with Crippen molar-refractivity contribution in [2.75, 3.05) is 20.3 Å². The summed E-state index contributed by atoms with van der Waals surface area (Å²) in [5, 5.41) is 3.30. The highest BCUT2D eigenvalue weighted by molar-refractivity contribution is 5.31. The van der Waals surface area contributed by atoms with Crippen molar-refractivity contribution in [1.29, 1.82) is 0 Å². The first kappa shape index (κ1) is 15.3. The summed E-state index contributed by atoms with van der Waals surface area (Å²) in [6.07, 6.45) is 0. The fourth-order valence-corrected chi connectivity index (χ4v) is 2.01. The third-order valence-corrected chi connectivity index (χ3v) is 3.23. The minimum absolute atomic E-state index is 0.0835. The predicted octanol–water partition coefficient (Wildman–Crippen LogP) is 3.56. The molecule has 4 heteroatoms. The fraction of sp³-hybridized carbons (Fsp3) is 0.294. The molecule has 0 aliphatic rings. The molecule has 0 saturated carbocycles. The fourth-order valence-electron chi connectivity index (χ4n) is 2.01. The molecule has 21 heavy (non-hydrogen) atoms. The second kappa shape index (κ2) is 7.64. The van der Waals surface area contributed by atoms with Crippen LogP contribution in [0.5, 0.6) is 11.5 Å². The summed E-state index contributed by atoms with van der Waals surface area (Å²) >= 11 is 0. The number of rotatable bonds is 7. The van der Waals surface area contributed by atoms with E-state index in [1.54, 1.807) is 19.2 Å². The maximum Gasteiger partial charge on any atom is 0.123 e. The molecule has 2 aromatic rings. The van der Waals surface area contributed by atoms with Crippen LogP contribution in [-0.2, 0) is 0 Å². The van der Waals surface area contributed by atoms with E-state index in [-0.39, 0.29) is 11.9 Å². The third-order valence-electron chi connectivity index (χ3n) is 3.23. The number of halogens is 1. The monoisotopic (exact) mass is 289 g/mol. The number of nitrogens with one attached hydrogen (secondary N) is 1. The van der Waals surface area contributed by atoms with Crippen LogP contribution in [0.15, 0.2) is 48.5 Å². The zero-order chi connectivity index (χ0) is 15.1. The summed E-state index contributed by atoms with van der Waals surface area (Å²) in [6, 6.07) is 14.2. The van der Waals surface area contributed by atoms with Crippen LogP contribution in [0.25, 0.3) is 0 Å². The van der Waals surface area contributed by atoms with E-state index in [0.717, 1.165) is 17.1 Å². The Balaban J connectivity index is 1.73. The van der Waals surface area contributed by atoms with Gasteiger partial charge in [-0.3, -0.25) is 0 Å². The number of benzene rings is 2. The Hall–Kier alpha value is -2.07. The SMILES string of the molecule is COc1ccc(OCCN[C@@H](C)c2cccc(F)c2)cc1. The predicted molar refractivity (Wildman–Crippen MR) is 81.3 cm³/mol. The largest absolute Gasteiger partial charge is 0.497 e. The van der Waals surface area contributed by atoms with Gasteiger partial charge in [0.1, 0.15) is 23.9 Å². The summed E-state index contributed by atoms with van der Waals surface area (Å²) in [4.78, 5) is 0. The molecule has 1 N–H and O–H groups in total. The average molecular weight is 289 g/mol. The lowest BCUT2D eigenvalue weighted by molar-refractivity contribution is 0.307. The Kier molecular flexibility index (Phi) is 5.58. The smallest absolute Gasteiger partial charge is 0.123 e. The molecule has 112 valence electrons. The molecule has 0 aromatic heterocycles. The normalized spacial score (nSPS) is 12.0. The molecule has 2 aromatic carbocycles. The first-order valence-electron chi connectivity index (χ1n) is 6.95. The molecule has 0 amide bonds. The molecular formula is C17H20FNO2. The molecule has 0 spiro atoms. The lowest BCUT2D eigenvalue weighted by Crippen LogP contribution is -2.24. The molecule has 0 unspecified atom stereocenters. The number of hydrogen-bond acceptors (Lipinski definition) is 3. The van der Waals surface area contributed by atoms with Gasteiger partial charge in [0, 0.05) is 12.6 Å². The van der Waals surface area contributed by atoms with Crippen molar-refractivity contribution in [2.45, 2.75) is 13.0 Å². The average Bonchev–Trinajstić information content (AvgIpc) is 2.52. The van der Waals surface area contributed by atoms with Crippen LogP contribution < -0.4 is 14.8 Å². The quantitative estimate of drug-likeness (QED) is 0.791.